The molecular weight excluding hydrogens is 172 g/mol. The van der Waals surface area contributed by atoms with Crippen LogP contribution in [0.1, 0.15) is 0 Å². The maximum absolute atomic E-state index is 4.33. The summed E-state index contributed by atoms with van der Waals surface area (Å²) in [5, 5.41) is 2.50. The predicted octanol–water partition coefficient (Wildman–Crippen LogP) is 2.73. The van der Waals surface area contributed by atoms with Crippen LogP contribution in [0.4, 0.5) is 0 Å². The molecule has 0 spiro atoms. The second-order valence-electron chi connectivity index (χ2n) is 3.50. The Labute approximate surface area is 81.8 Å². The standard InChI is InChI=1S/C12H10N2/c1-14-8-6-10-9-3-2-7-13-11(9)4-5-12(10)14/h2-8H,1H3. The predicted molar refractivity (Wildman–Crippen MR) is 58.2 cm³/mol. The lowest BCUT2D eigenvalue weighted by Gasteiger charge is -1.99. The zero-order valence-electron chi connectivity index (χ0n) is 7.94. The first-order chi connectivity index (χ1) is 6.86. The van der Waals surface area contributed by atoms with Crippen LogP contribution in [0.25, 0.3) is 21.8 Å². The number of pyridine rings is 1. The summed E-state index contributed by atoms with van der Waals surface area (Å²) in [6.45, 7) is 0. The van der Waals surface area contributed by atoms with Gasteiger partial charge in [-0.2, -0.15) is 0 Å². The Morgan fingerprint density at radius 1 is 1.07 bits per heavy atom. The van der Waals surface area contributed by atoms with Crippen LogP contribution < -0.4 is 0 Å². The molecule has 0 amide bonds. The highest BCUT2D eigenvalue weighted by atomic mass is 14.9. The summed E-state index contributed by atoms with van der Waals surface area (Å²) >= 11 is 0. The SMILES string of the molecule is Cn1ccc2c3cccnc3ccc21. The summed E-state index contributed by atoms with van der Waals surface area (Å²) in [6.07, 6.45) is 3.91. The van der Waals surface area contributed by atoms with Gasteiger partial charge in [-0.15, -0.1) is 0 Å². The molecule has 2 nitrogen and oxygen atoms in total. The number of aryl methyl sites for hydroxylation is 1. The van der Waals surface area contributed by atoms with E-state index in [-0.39, 0.29) is 0 Å². The Kier molecular flexibility index (Phi) is 1.39. The molecule has 0 atom stereocenters. The number of nitrogens with zero attached hydrogens (tertiary/aromatic N) is 2. The van der Waals surface area contributed by atoms with E-state index in [0.29, 0.717) is 0 Å². The van der Waals surface area contributed by atoms with Crippen LogP contribution in [0.2, 0.25) is 0 Å². The molecule has 2 heterocycles. The van der Waals surface area contributed by atoms with Gasteiger partial charge in [0.05, 0.1) is 5.52 Å². The van der Waals surface area contributed by atoms with Crippen molar-refractivity contribution in [1.82, 2.24) is 9.55 Å². The van der Waals surface area contributed by atoms with E-state index >= 15 is 0 Å². The molecular formula is C12H10N2. The van der Waals surface area contributed by atoms with Gasteiger partial charge in [0, 0.05) is 35.7 Å². The van der Waals surface area contributed by atoms with Crippen molar-refractivity contribution in [3.63, 3.8) is 0 Å². The lowest BCUT2D eigenvalue weighted by Crippen LogP contribution is -1.84. The largest absolute Gasteiger partial charge is 0.351 e. The molecule has 0 fully saturated rings. The third kappa shape index (κ3) is 0.880. The van der Waals surface area contributed by atoms with Crippen molar-refractivity contribution in [3.8, 4) is 0 Å². The van der Waals surface area contributed by atoms with Gasteiger partial charge in [-0.05, 0) is 24.3 Å². The van der Waals surface area contributed by atoms with Crippen LogP contribution >= 0.6 is 0 Å². The van der Waals surface area contributed by atoms with Crippen LogP contribution in [-0.4, -0.2) is 9.55 Å². The Morgan fingerprint density at radius 3 is 2.93 bits per heavy atom. The Bertz CT molecular complexity index is 608. The van der Waals surface area contributed by atoms with E-state index < -0.39 is 0 Å². The first-order valence-electron chi connectivity index (χ1n) is 4.65. The van der Waals surface area contributed by atoms with Crippen molar-refractivity contribution in [3.05, 3.63) is 42.7 Å². The molecule has 3 aromatic rings. The van der Waals surface area contributed by atoms with E-state index in [1.807, 2.05) is 12.3 Å². The topological polar surface area (TPSA) is 17.8 Å². The third-order valence-corrected chi connectivity index (χ3v) is 2.65. The fourth-order valence-corrected chi connectivity index (χ4v) is 1.91. The third-order valence-electron chi connectivity index (χ3n) is 2.65. The van der Waals surface area contributed by atoms with E-state index in [2.05, 4.69) is 47.1 Å². The summed E-state index contributed by atoms with van der Waals surface area (Å²) in [5.74, 6) is 0. The van der Waals surface area contributed by atoms with Gasteiger partial charge in [0.25, 0.3) is 0 Å². The number of aromatic nitrogens is 2. The van der Waals surface area contributed by atoms with Crippen molar-refractivity contribution in [2.24, 2.45) is 7.05 Å². The van der Waals surface area contributed by atoms with Crippen LogP contribution in [0.3, 0.4) is 0 Å². The highest BCUT2D eigenvalue weighted by Gasteiger charge is 2.02. The van der Waals surface area contributed by atoms with E-state index in [0.717, 1.165) is 5.52 Å². The lowest BCUT2D eigenvalue weighted by atomic mass is 10.1. The highest BCUT2D eigenvalue weighted by Crippen LogP contribution is 2.23. The van der Waals surface area contributed by atoms with Gasteiger partial charge in [-0.3, -0.25) is 4.98 Å². The molecule has 14 heavy (non-hydrogen) atoms. The van der Waals surface area contributed by atoms with E-state index in [1.54, 1.807) is 0 Å². The molecule has 0 unspecified atom stereocenters. The van der Waals surface area contributed by atoms with Crippen molar-refractivity contribution in [1.29, 1.82) is 0 Å². The second-order valence-corrected chi connectivity index (χ2v) is 3.50. The maximum atomic E-state index is 4.33. The normalized spacial score (nSPS) is 11.2. The highest BCUT2D eigenvalue weighted by molar-refractivity contribution is 6.05. The smallest absolute Gasteiger partial charge is 0.0709 e. The monoisotopic (exact) mass is 182 g/mol. The van der Waals surface area contributed by atoms with Gasteiger partial charge in [0.15, 0.2) is 0 Å². The van der Waals surface area contributed by atoms with Gasteiger partial charge >= 0.3 is 0 Å². The first-order valence-corrected chi connectivity index (χ1v) is 4.65. The van der Waals surface area contributed by atoms with Gasteiger partial charge in [-0.25, -0.2) is 0 Å². The molecule has 0 aliphatic rings. The Hall–Kier alpha value is -1.83. The minimum atomic E-state index is 1.06. The van der Waals surface area contributed by atoms with Crippen molar-refractivity contribution < 1.29 is 0 Å². The van der Waals surface area contributed by atoms with Crippen molar-refractivity contribution in [2.75, 3.05) is 0 Å². The Morgan fingerprint density at radius 2 is 2.00 bits per heavy atom. The van der Waals surface area contributed by atoms with Gasteiger partial charge in [0.1, 0.15) is 0 Å². The van der Waals surface area contributed by atoms with Crippen molar-refractivity contribution in [2.45, 2.75) is 0 Å². The number of hydrogen-bond acceptors (Lipinski definition) is 1. The maximum Gasteiger partial charge on any atom is 0.0709 e. The quantitative estimate of drug-likeness (QED) is 0.522. The molecule has 0 bridgehead atoms. The zero-order valence-corrected chi connectivity index (χ0v) is 7.94. The molecule has 3 rings (SSSR count). The summed E-state index contributed by atoms with van der Waals surface area (Å²) in [7, 11) is 2.06. The summed E-state index contributed by atoms with van der Waals surface area (Å²) in [4.78, 5) is 4.33. The molecule has 1 aromatic carbocycles. The molecule has 2 aromatic heterocycles. The summed E-state index contributed by atoms with van der Waals surface area (Å²) < 4.78 is 2.13. The molecule has 0 aliphatic heterocycles. The van der Waals surface area contributed by atoms with E-state index in [9.17, 15) is 0 Å². The van der Waals surface area contributed by atoms with Crippen LogP contribution in [0.5, 0.6) is 0 Å². The number of hydrogen-bond donors (Lipinski definition) is 0. The fourth-order valence-electron chi connectivity index (χ4n) is 1.91. The van der Waals surface area contributed by atoms with Crippen LogP contribution in [0, 0.1) is 0 Å². The first kappa shape index (κ1) is 7.56. The van der Waals surface area contributed by atoms with Crippen molar-refractivity contribution >= 4 is 21.8 Å². The minimum Gasteiger partial charge on any atom is -0.351 e. The molecule has 0 saturated heterocycles. The van der Waals surface area contributed by atoms with Gasteiger partial charge in [-0.1, -0.05) is 6.07 Å². The number of benzene rings is 1. The number of rotatable bonds is 0. The lowest BCUT2D eigenvalue weighted by molar-refractivity contribution is 0.969. The molecule has 2 heteroatoms. The molecule has 0 saturated carbocycles. The van der Waals surface area contributed by atoms with Gasteiger partial charge in [0.2, 0.25) is 0 Å². The fraction of sp³-hybridized carbons (Fsp3) is 0.0833. The minimum absolute atomic E-state index is 1.06. The average Bonchev–Trinajstić information content (AvgIpc) is 2.61. The molecule has 0 N–H and O–H groups in total. The van der Waals surface area contributed by atoms with Crippen LogP contribution in [-0.2, 0) is 7.05 Å². The molecule has 0 aliphatic carbocycles. The summed E-state index contributed by atoms with van der Waals surface area (Å²) in [5.41, 5.74) is 2.32. The van der Waals surface area contributed by atoms with E-state index in [1.165, 1.54) is 16.3 Å². The second kappa shape index (κ2) is 2.58. The Balaban J connectivity index is 2.61. The number of fused-ring (bicyclic) bond motifs is 3. The zero-order chi connectivity index (χ0) is 9.54. The van der Waals surface area contributed by atoms with Gasteiger partial charge < -0.3 is 4.57 Å². The molecule has 68 valence electrons. The summed E-state index contributed by atoms with van der Waals surface area (Å²) in [6, 6.07) is 10.4. The van der Waals surface area contributed by atoms with Crippen LogP contribution in [0.15, 0.2) is 42.7 Å². The molecule has 0 radical (unpaired) electrons. The van der Waals surface area contributed by atoms with E-state index in [4.69, 9.17) is 0 Å². The average molecular weight is 182 g/mol.